The molecule has 0 aliphatic rings. The van der Waals surface area contributed by atoms with Gasteiger partial charge in [0.1, 0.15) is 5.82 Å². The monoisotopic (exact) mass is 389 g/mol. The molecule has 0 spiro atoms. The van der Waals surface area contributed by atoms with Crippen LogP contribution in [0.3, 0.4) is 0 Å². The van der Waals surface area contributed by atoms with E-state index in [1.807, 2.05) is 37.3 Å². The standard InChI is InChI=1S/C23H20FN3O2/c1-2-21(16-6-4-3-5-7-16)26-27-23(29)18-10-14-20(15-11-18)25-22(28)17-8-12-19(24)13-9-17/h3-15H,2H2,1H3,(H,25,28)(H,27,29). The Kier molecular flexibility index (Phi) is 6.47. The van der Waals surface area contributed by atoms with Crippen LogP contribution in [0.25, 0.3) is 0 Å². The van der Waals surface area contributed by atoms with Crippen molar-refractivity contribution in [3.05, 3.63) is 101 Å². The van der Waals surface area contributed by atoms with Crippen molar-refractivity contribution >= 4 is 23.2 Å². The van der Waals surface area contributed by atoms with E-state index in [1.54, 1.807) is 24.3 Å². The zero-order chi connectivity index (χ0) is 20.6. The van der Waals surface area contributed by atoms with Gasteiger partial charge in [0, 0.05) is 16.8 Å². The van der Waals surface area contributed by atoms with E-state index in [1.165, 1.54) is 24.3 Å². The van der Waals surface area contributed by atoms with Gasteiger partial charge >= 0.3 is 0 Å². The average Bonchev–Trinajstić information content (AvgIpc) is 2.75. The highest BCUT2D eigenvalue weighted by atomic mass is 19.1. The first kappa shape index (κ1) is 19.9. The van der Waals surface area contributed by atoms with Crippen LogP contribution >= 0.6 is 0 Å². The van der Waals surface area contributed by atoms with Crippen molar-refractivity contribution in [3.8, 4) is 0 Å². The van der Waals surface area contributed by atoms with Crippen molar-refractivity contribution in [1.82, 2.24) is 5.43 Å². The second-order valence-electron chi connectivity index (χ2n) is 6.26. The van der Waals surface area contributed by atoms with Crippen molar-refractivity contribution in [3.63, 3.8) is 0 Å². The number of hydrogen-bond acceptors (Lipinski definition) is 3. The summed E-state index contributed by atoms with van der Waals surface area (Å²) in [7, 11) is 0. The SMILES string of the molecule is CCC(=NNC(=O)c1ccc(NC(=O)c2ccc(F)cc2)cc1)c1ccccc1. The zero-order valence-electron chi connectivity index (χ0n) is 15.9. The summed E-state index contributed by atoms with van der Waals surface area (Å²) in [6, 6.07) is 21.3. The highest BCUT2D eigenvalue weighted by Crippen LogP contribution is 2.12. The van der Waals surface area contributed by atoms with Crippen molar-refractivity contribution in [2.75, 3.05) is 5.32 Å². The molecule has 0 atom stereocenters. The number of benzene rings is 3. The lowest BCUT2D eigenvalue weighted by Crippen LogP contribution is -2.20. The van der Waals surface area contributed by atoms with Crippen LogP contribution in [0, 0.1) is 5.82 Å². The van der Waals surface area contributed by atoms with Gasteiger partial charge in [-0.05, 0) is 60.5 Å². The van der Waals surface area contributed by atoms with Gasteiger partial charge in [0.15, 0.2) is 0 Å². The molecule has 0 aliphatic heterocycles. The molecule has 5 nitrogen and oxygen atoms in total. The maximum atomic E-state index is 13.0. The highest BCUT2D eigenvalue weighted by molar-refractivity contribution is 6.05. The predicted octanol–water partition coefficient (Wildman–Crippen LogP) is 4.62. The molecule has 29 heavy (non-hydrogen) atoms. The molecule has 146 valence electrons. The lowest BCUT2D eigenvalue weighted by molar-refractivity contribution is 0.0954. The molecule has 0 bridgehead atoms. The van der Waals surface area contributed by atoms with E-state index in [2.05, 4.69) is 15.8 Å². The summed E-state index contributed by atoms with van der Waals surface area (Å²) in [5.74, 6) is -1.11. The maximum Gasteiger partial charge on any atom is 0.271 e. The first-order chi connectivity index (χ1) is 14.1. The van der Waals surface area contributed by atoms with Crippen molar-refractivity contribution in [1.29, 1.82) is 0 Å². The van der Waals surface area contributed by atoms with E-state index < -0.39 is 5.82 Å². The largest absolute Gasteiger partial charge is 0.322 e. The molecule has 0 aliphatic carbocycles. The number of hydrogen-bond donors (Lipinski definition) is 2. The molecule has 0 heterocycles. The fourth-order valence-corrected chi connectivity index (χ4v) is 2.67. The van der Waals surface area contributed by atoms with E-state index in [0.29, 0.717) is 23.2 Å². The lowest BCUT2D eigenvalue weighted by Gasteiger charge is -2.07. The Balaban J connectivity index is 1.63. The normalized spacial score (nSPS) is 11.0. The number of carbonyl (C=O) groups excluding carboxylic acids is 2. The summed E-state index contributed by atoms with van der Waals surface area (Å²) < 4.78 is 13.0. The van der Waals surface area contributed by atoms with Gasteiger partial charge in [0.2, 0.25) is 0 Å². The summed E-state index contributed by atoms with van der Waals surface area (Å²) >= 11 is 0. The lowest BCUT2D eigenvalue weighted by atomic mass is 10.1. The molecule has 0 radical (unpaired) electrons. The number of nitrogens with one attached hydrogen (secondary N) is 2. The van der Waals surface area contributed by atoms with Crippen LogP contribution in [0.2, 0.25) is 0 Å². The second-order valence-corrected chi connectivity index (χ2v) is 6.26. The Hall–Kier alpha value is -3.80. The van der Waals surface area contributed by atoms with Gasteiger partial charge in [-0.3, -0.25) is 9.59 Å². The summed E-state index contributed by atoms with van der Waals surface area (Å²) in [6.45, 7) is 1.97. The fraction of sp³-hybridized carbons (Fsp3) is 0.0870. The number of anilines is 1. The Labute approximate surface area is 168 Å². The van der Waals surface area contributed by atoms with Gasteiger partial charge in [-0.1, -0.05) is 37.3 Å². The topological polar surface area (TPSA) is 70.6 Å². The third-order valence-electron chi connectivity index (χ3n) is 4.25. The van der Waals surface area contributed by atoms with E-state index in [0.717, 1.165) is 11.3 Å². The molecule has 0 saturated carbocycles. The molecule has 3 aromatic carbocycles. The number of rotatable bonds is 6. The van der Waals surface area contributed by atoms with Gasteiger partial charge in [-0.25, -0.2) is 9.82 Å². The first-order valence-corrected chi connectivity index (χ1v) is 9.16. The Bertz CT molecular complexity index is 1010. The van der Waals surface area contributed by atoms with Crippen LogP contribution in [0.4, 0.5) is 10.1 Å². The van der Waals surface area contributed by atoms with E-state index >= 15 is 0 Å². The Morgan fingerprint density at radius 3 is 2.00 bits per heavy atom. The molecule has 0 saturated heterocycles. The molecule has 0 aromatic heterocycles. The summed E-state index contributed by atoms with van der Waals surface area (Å²) in [5.41, 5.74) is 5.58. The fourth-order valence-electron chi connectivity index (χ4n) is 2.67. The number of carbonyl (C=O) groups is 2. The third-order valence-corrected chi connectivity index (χ3v) is 4.25. The molecule has 2 amide bonds. The number of halogens is 1. The minimum atomic E-state index is -0.405. The molecule has 3 aromatic rings. The quantitative estimate of drug-likeness (QED) is 0.477. The van der Waals surface area contributed by atoms with E-state index in [-0.39, 0.29) is 11.8 Å². The molecular weight excluding hydrogens is 369 g/mol. The Morgan fingerprint density at radius 1 is 0.793 bits per heavy atom. The molecular formula is C23H20FN3O2. The maximum absolute atomic E-state index is 13.0. The van der Waals surface area contributed by atoms with E-state index in [9.17, 15) is 14.0 Å². The first-order valence-electron chi connectivity index (χ1n) is 9.16. The minimum absolute atomic E-state index is 0.343. The summed E-state index contributed by atoms with van der Waals surface area (Å²) in [6.07, 6.45) is 0.679. The van der Waals surface area contributed by atoms with Crippen LogP contribution in [0.1, 0.15) is 39.6 Å². The molecule has 6 heteroatoms. The zero-order valence-corrected chi connectivity index (χ0v) is 15.9. The highest BCUT2D eigenvalue weighted by Gasteiger charge is 2.09. The van der Waals surface area contributed by atoms with E-state index in [4.69, 9.17) is 0 Å². The van der Waals surface area contributed by atoms with Gasteiger partial charge in [-0.15, -0.1) is 0 Å². The van der Waals surface area contributed by atoms with Crippen LogP contribution in [-0.4, -0.2) is 17.5 Å². The molecule has 3 rings (SSSR count). The average molecular weight is 389 g/mol. The molecule has 2 N–H and O–H groups in total. The van der Waals surface area contributed by atoms with Crippen LogP contribution < -0.4 is 10.7 Å². The number of nitrogens with zero attached hydrogens (tertiary/aromatic N) is 1. The van der Waals surface area contributed by atoms with Gasteiger partial charge < -0.3 is 5.32 Å². The summed E-state index contributed by atoms with van der Waals surface area (Å²) in [4.78, 5) is 24.5. The van der Waals surface area contributed by atoms with Crippen LogP contribution in [0.5, 0.6) is 0 Å². The predicted molar refractivity (Wildman–Crippen MR) is 112 cm³/mol. The smallest absolute Gasteiger partial charge is 0.271 e. The summed E-state index contributed by atoms with van der Waals surface area (Å²) in [5, 5.41) is 6.93. The van der Waals surface area contributed by atoms with Crippen LogP contribution in [0.15, 0.2) is 84.0 Å². The third kappa shape index (κ3) is 5.35. The number of hydrazone groups is 1. The van der Waals surface area contributed by atoms with Gasteiger partial charge in [-0.2, -0.15) is 5.10 Å². The second kappa shape index (κ2) is 9.41. The molecule has 0 fully saturated rings. The Morgan fingerprint density at radius 2 is 1.38 bits per heavy atom. The van der Waals surface area contributed by atoms with Crippen molar-refractivity contribution in [2.24, 2.45) is 5.10 Å². The number of amides is 2. The van der Waals surface area contributed by atoms with Gasteiger partial charge in [0.25, 0.3) is 11.8 Å². The van der Waals surface area contributed by atoms with Gasteiger partial charge in [0.05, 0.1) is 5.71 Å². The van der Waals surface area contributed by atoms with Crippen LogP contribution in [-0.2, 0) is 0 Å². The minimum Gasteiger partial charge on any atom is -0.322 e. The van der Waals surface area contributed by atoms with Crippen molar-refractivity contribution < 1.29 is 14.0 Å². The molecule has 0 unspecified atom stereocenters. The van der Waals surface area contributed by atoms with Crippen molar-refractivity contribution in [2.45, 2.75) is 13.3 Å².